The molecule has 2 heterocycles. The van der Waals surface area contributed by atoms with Crippen molar-refractivity contribution in [1.29, 1.82) is 0 Å². The second kappa shape index (κ2) is 10.4. The van der Waals surface area contributed by atoms with Crippen molar-refractivity contribution in [2.75, 3.05) is 4.90 Å². The molecule has 40 heavy (non-hydrogen) atoms. The van der Waals surface area contributed by atoms with Gasteiger partial charge >= 0.3 is 5.91 Å². The van der Waals surface area contributed by atoms with Crippen molar-refractivity contribution in [1.82, 2.24) is 4.98 Å². The van der Waals surface area contributed by atoms with Crippen LogP contribution < -0.4 is 9.64 Å². The fourth-order valence-electron chi connectivity index (χ4n) is 4.72. The summed E-state index contributed by atoms with van der Waals surface area (Å²) in [6, 6.07) is 26.7. The maximum atomic E-state index is 13.6. The lowest BCUT2D eigenvalue weighted by Crippen LogP contribution is -2.29. The number of benzene rings is 4. The number of ether oxygens (including phenoxy) is 1. The number of aliphatic hydroxyl groups excluding tert-OH is 1. The zero-order valence-electron chi connectivity index (χ0n) is 21.4. The first kappa shape index (κ1) is 25.5. The number of carbonyl (C=O) groups excluding carboxylic acids is 2. The van der Waals surface area contributed by atoms with E-state index >= 15 is 0 Å². The Kier molecular flexibility index (Phi) is 6.61. The van der Waals surface area contributed by atoms with Gasteiger partial charge in [0.25, 0.3) is 5.78 Å². The minimum atomic E-state index is -0.949. The Morgan fingerprint density at radius 3 is 2.42 bits per heavy atom. The largest absolute Gasteiger partial charge is 0.507 e. The molecule has 1 aromatic heterocycles. The van der Waals surface area contributed by atoms with E-state index in [0.29, 0.717) is 28.6 Å². The summed E-state index contributed by atoms with van der Waals surface area (Å²) in [6.07, 6.45) is 0. The van der Waals surface area contributed by atoms with Gasteiger partial charge in [0.15, 0.2) is 5.13 Å². The molecule has 1 unspecified atom stereocenters. The van der Waals surface area contributed by atoms with Crippen molar-refractivity contribution < 1.29 is 23.8 Å². The number of carbonyl (C=O) groups is 2. The van der Waals surface area contributed by atoms with Gasteiger partial charge in [-0.2, -0.15) is 0 Å². The van der Waals surface area contributed by atoms with Crippen molar-refractivity contribution in [3.63, 3.8) is 0 Å². The van der Waals surface area contributed by atoms with E-state index in [4.69, 9.17) is 4.74 Å². The molecule has 0 bridgehead atoms. The Bertz CT molecular complexity index is 1760. The summed E-state index contributed by atoms with van der Waals surface area (Å²) in [4.78, 5) is 32.9. The third kappa shape index (κ3) is 4.74. The van der Waals surface area contributed by atoms with Gasteiger partial charge in [-0.25, -0.2) is 9.37 Å². The van der Waals surface area contributed by atoms with Gasteiger partial charge in [-0.15, -0.1) is 0 Å². The summed E-state index contributed by atoms with van der Waals surface area (Å²) in [7, 11) is 0. The van der Waals surface area contributed by atoms with E-state index in [0.717, 1.165) is 15.8 Å². The average Bonchev–Trinajstić information content (AvgIpc) is 3.50. The molecule has 6 nitrogen and oxygen atoms in total. The van der Waals surface area contributed by atoms with E-state index in [1.54, 1.807) is 24.3 Å². The first-order valence-corrected chi connectivity index (χ1v) is 13.4. The van der Waals surface area contributed by atoms with E-state index in [1.807, 2.05) is 55.5 Å². The molecule has 198 valence electrons. The van der Waals surface area contributed by atoms with Crippen LogP contribution in [0.5, 0.6) is 5.75 Å². The number of amides is 1. The third-order valence-corrected chi connectivity index (χ3v) is 7.76. The number of halogens is 1. The Morgan fingerprint density at radius 1 is 0.975 bits per heavy atom. The average molecular weight is 551 g/mol. The monoisotopic (exact) mass is 550 g/mol. The molecule has 0 aliphatic carbocycles. The highest BCUT2D eigenvalue weighted by Gasteiger charge is 2.48. The highest BCUT2D eigenvalue weighted by molar-refractivity contribution is 7.22. The van der Waals surface area contributed by atoms with Crippen LogP contribution in [0.2, 0.25) is 0 Å². The Labute approximate surface area is 233 Å². The summed E-state index contributed by atoms with van der Waals surface area (Å²) in [5, 5.41) is 11.6. The highest BCUT2D eigenvalue weighted by Crippen LogP contribution is 2.44. The maximum Gasteiger partial charge on any atom is 0.301 e. The number of aryl methyl sites for hydroxylation is 1. The van der Waals surface area contributed by atoms with Crippen LogP contribution in [-0.4, -0.2) is 21.8 Å². The molecule has 1 aliphatic heterocycles. The van der Waals surface area contributed by atoms with Crippen molar-refractivity contribution in [2.45, 2.75) is 19.6 Å². The lowest BCUT2D eigenvalue weighted by atomic mass is 9.95. The molecule has 0 saturated carbocycles. The van der Waals surface area contributed by atoms with Gasteiger partial charge in [0.05, 0.1) is 21.8 Å². The topological polar surface area (TPSA) is 79.7 Å². The van der Waals surface area contributed by atoms with E-state index < -0.39 is 23.5 Å². The third-order valence-electron chi connectivity index (χ3n) is 6.74. The first-order valence-electron chi connectivity index (χ1n) is 12.6. The number of thiazole rings is 1. The molecule has 1 saturated heterocycles. The quantitative estimate of drug-likeness (QED) is 0.141. The number of Topliss-reactive ketones (excluding diaryl/α,β-unsaturated/α-hetero) is 1. The molecular weight excluding hydrogens is 527 g/mol. The van der Waals surface area contributed by atoms with E-state index in [9.17, 15) is 19.1 Å². The number of anilines is 1. The molecule has 0 radical (unpaired) electrons. The molecule has 1 fully saturated rings. The Balaban J connectivity index is 1.43. The van der Waals surface area contributed by atoms with Gasteiger partial charge in [-0.1, -0.05) is 59.9 Å². The number of aliphatic hydroxyl groups is 1. The van der Waals surface area contributed by atoms with Crippen molar-refractivity contribution >= 4 is 44.1 Å². The zero-order valence-corrected chi connectivity index (χ0v) is 22.2. The van der Waals surface area contributed by atoms with Crippen molar-refractivity contribution in [3.8, 4) is 5.75 Å². The fraction of sp³-hybridized carbons (Fsp3) is 0.0938. The van der Waals surface area contributed by atoms with Crippen LogP contribution in [0.25, 0.3) is 16.0 Å². The summed E-state index contributed by atoms with van der Waals surface area (Å²) in [5.74, 6) is -1.89. The molecule has 5 aromatic rings. The number of rotatable bonds is 6. The van der Waals surface area contributed by atoms with Crippen LogP contribution in [0.15, 0.2) is 103 Å². The molecule has 1 amide bonds. The molecule has 6 rings (SSSR count). The molecule has 8 heteroatoms. The molecular formula is C32H23FN2O4S. The van der Waals surface area contributed by atoms with Crippen LogP contribution in [-0.2, 0) is 16.2 Å². The summed E-state index contributed by atoms with van der Waals surface area (Å²) < 4.78 is 20.4. The van der Waals surface area contributed by atoms with Gasteiger partial charge in [0.1, 0.15) is 23.9 Å². The second-order valence-electron chi connectivity index (χ2n) is 9.49. The van der Waals surface area contributed by atoms with Crippen LogP contribution in [0.1, 0.15) is 28.3 Å². The van der Waals surface area contributed by atoms with Crippen LogP contribution in [0.4, 0.5) is 9.52 Å². The number of hydrogen-bond acceptors (Lipinski definition) is 6. The van der Waals surface area contributed by atoms with Gasteiger partial charge < -0.3 is 9.84 Å². The number of aromatic nitrogens is 1. The number of ketones is 1. The highest BCUT2D eigenvalue weighted by atomic mass is 32.1. The van der Waals surface area contributed by atoms with Gasteiger partial charge in [0, 0.05) is 5.56 Å². The Hall–Kier alpha value is -4.82. The normalized spacial score (nSPS) is 16.6. The van der Waals surface area contributed by atoms with E-state index in [-0.39, 0.29) is 16.9 Å². The first-order chi connectivity index (χ1) is 19.4. The minimum Gasteiger partial charge on any atom is -0.507 e. The van der Waals surface area contributed by atoms with Gasteiger partial charge in [-0.3, -0.25) is 14.5 Å². The number of hydrogen-bond donors (Lipinski definition) is 1. The summed E-state index contributed by atoms with van der Waals surface area (Å²) in [5.41, 5.74) is 3.49. The standard InChI is InChI=1S/C32H23FN2O4S/c1-19-7-16-25-26(17-19)40-32(34-25)35-28(21-10-14-24(15-11-21)39-18-20-5-3-2-4-6-20)27(30(37)31(35)38)29(36)22-8-12-23(33)13-9-22/h2-17,28,36H,18H2,1H3. The molecule has 4 aromatic carbocycles. The predicted molar refractivity (Wildman–Crippen MR) is 153 cm³/mol. The summed E-state index contributed by atoms with van der Waals surface area (Å²) >= 11 is 1.30. The molecule has 1 atom stereocenters. The van der Waals surface area contributed by atoms with Gasteiger partial charge in [0.2, 0.25) is 0 Å². The predicted octanol–water partition coefficient (Wildman–Crippen LogP) is 6.95. The van der Waals surface area contributed by atoms with Crippen LogP contribution >= 0.6 is 11.3 Å². The van der Waals surface area contributed by atoms with E-state index in [2.05, 4.69) is 4.98 Å². The Morgan fingerprint density at radius 2 is 1.70 bits per heavy atom. The lowest BCUT2D eigenvalue weighted by molar-refractivity contribution is -0.132. The van der Waals surface area contributed by atoms with E-state index in [1.165, 1.54) is 40.5 Å². The second-order valence-corrected chi connectivity index (χ2v) is 10.5. The smallest absolute Gasteiger partial charge is 0.301 e. The summed E-state index contributed by atoms with van der Waals surface area (Å²) in [6.45, 7) is 2.35. The van der Waals surface area contributed by atoms with Crippen LogP contribution in [0.3, 0.4) is 0 Å². The minimum absolute atomic E-state index is 0.0926. The van der Waals surface area contributed by atoms with Crippen molar-refractivity contribution in [2.24, 2.45) is 0 Å². The molecule has 0 spiro atoms. The molecule has 1 aliphatic rings. The van der Waals surface area contributed by atoms with Crippen LogP contribution in [0, 0.1) is 12.7 Å². The van der Waals surface area contributed by atoms with Crippen molar-refractivity contribution in [3.05, 3.63) is 131 Å². The zero-order chi connectivity index (χ0) is 27.8. The fourth-order valence-corrected chi connectivity index (χ4v) is 5.81. The SMILES string of the molecule is Cc1ccc2nc(N3C(=O)C(=O)C(=C(O)c4ccc(F)cc4)C3c3ccc(OCc4ccccc4)cc3)sc2c1. The number of nitrogens with zero attached hydrogens (tertiary/aromatic N) is 2. The number of fused-ring (bicyclic) bond motifs is 1. The lowest BCUT2D eigenvalue weighted by Gasteiger charge is -2.23. The van der Waals surface area contributed by atoms with Gasteiger partial charge in [-0.05, 0) is 72.1 Å². The molecule has 1 N–H and O–H groups in total. The maximum absolute atomic E-state index is 13.6.